The first-order valence-corrected chi connectivity index (χ1v) is 53.1. The van der Waals surface area contributed by atoms with Gasteiger partial charge in [-0.1, -0.05) is 36.4 Å². The number of carboxylic acid groups (broad SMARTS) is 3. The van der Waals surface area contributed by atoms with Crippen LogP contribution in [0.25, 0.3) is 50.6 Å². The van der Waals surface area contributed by atoms with E-state index in [-0.39, 0.29) is 141 Å². The number of sulfonamides is 3. The van der Waals surface area contributed by atoms with Gasteiger partial charge >= 0.3 is 35.0 Å². The Morgan fingerprint density at radius 1 is 0.413 bits per heavy atom. The Bertz CT molecular complexity index is 7100. The quantitative estimate of drug-likeness (QED) is 0.0233. The summed E-state index contributed by atoms with van der Waals surface area (Å²) in [5.74, 6) is -6.82. The number of hydrogen-bond acceptors (Lipinski definition) is 30. The first-order chi connectivity index (χ1) is 68.3. The lowest BCUT2D eigenvalue weighted by Gasteiger charge is -2.30. The summed E-state index contributed by atoms with van der Waals surface area (Å²) in [4.78, 5) is 145. The predicted molar refractivity (Wildman–Crippen MR) is 533 cm³/mol. The Kier molecular flexibility index (Phi) is 34.9. The van der Waals surface area contributed by atoms with Crippen molar-refractivity contribution in [3.05, 3.63) is 250 Å². The topological polar surface area (TPSA) is 513 Å². The highest BCUT2D eigenvalue weighted by atomic mass is 32.2. The minimum Gasteiger partial charge on any atom is -0.481 e. The van der Waals surface area contributed by atoms with E-state index in [9.17, 15) is 83.7 Å². The smallest absolute Gasteiger partial charge is 0.335 e. The molecule has 7 atom stereocenters. The molecule has 2 amide bonds. The van der Waals surface area contributed by atoms with E-state index in [1.165, 1.54) is 123 Å². The number of aliphatic carboxylic acids is 3. The number of imidazole rings is 3. The number of pyridine rings is 6. The molecule has 3 aliphatic rings. The Balaban J connectivity index is 0.000000282. The average Bonchev–Trinajstić information content (AvgIpc) is 1.56. The number of carbonyl (C=O) groups is 6. The highest BCUT2D eigenvalue weighted by Gasteiger charge is 2.55. The largest absolute Gasteiger partial charge is 0.481 e. The van der Waals surface area contributed by atoms with Crippen LogP contribution in [0.5, 0.6) is 0 Å². The lowest BCUT2D eigenvalue weighted by Crippen LogP contribution is -2.56. The van der Waals surface area contributed by atoms with Gasteiger partial charge in [-0.25, -0.2) is 77.9 Å². The molecule has 47 heteroatoms. The summed E-state index contributed by atoms with van der Waals surface area (Å²) in [6.07, 6.45) is 11.8. The van der Waals surface area contributed by atoms with Gasteiger partial charge in [-0.15, -0.1) is 35.3 Å². The number of Topliss-reactive ketones (excluding diaryl/α,β-unsaturated/α-hetero) is 1. The summed E-state index contributed by atoms with van der Waals surface area (Å²) in [7, 11) is -12.3. The SMILES string of the molecule is CC(COCCOCCn1c(=O)n(-c2ccc(C[C@H](NC(=O)[C@H]3N(S(=O)(=O)c4cccnc4)CSC3(C)C)C(=O)O)cc2)c2ncccc21)OCCOCCn1c(=O)n(-c2ccc(C[C@H](NC(=O)[C@H]3N(S(=O)(=O)c4cccnc4)CSC3(C)C)C(=O)O)cc2)c2ncccc21.CCOCCOCCn1c(=O)n(-c2ccc(C[C@H](CC(=O)[C@H]3N(S(=O)(=O)c4cccnc4)CSC3(C)C)C(=O)O)cc2)c2ncccc21. The summed E-state index contributed by atoms with van der Waals surface area (Å²) in [6.45, 7) is 18.4. The number of fused-ring (bicyclic) bond motifs is 3. The minimum atomic E-state index is -4.14. The maximum absolute atomic E-state index is 14.0. The zero-order valence-corrected chi connectivity index (χ0v) is 84.4. The lowest BCUT2D eigenvalue weighted by atomic mass is 9.89. The molecule has 5 N–H and O–H groups in total. The van der Waals surface area contributed by atoms with Crippen molar-refractivity contribution >= 4 is 134 Å². The highest BCUT2D eigenvalue weighted by Crippen LogP contribution is 2.46. The van der Waals surface area contributed by atoms with Crippen LogP contribution in [0.15, 0.2) is 230 Å². The van der Waals surface area contributed by atoms with Crippen LogP contribution in [0.4, 0.5) is 0 Å². The molecule has 0 aliphatic carbocycles. The molecule has 41 nitrogen and oxygen atoms in total. The number of nitrogens with one attached hydrogen (secondary N) is 2. The molecule has 3 aliphatic heterocycles. The lowest BCUT2D eigenvalue weighted by molar-refractivity contribution is -0.144. The van der Waals surface area contributed by atoms with Crippen LogP contribution in [0, 0.1) is 5.92 Å². The van der Waals surface area contributed by atoms with E-state index in [0.29, 0.717) is 100 Å². The normalized spacial score (nSPS) is 17.4. The van der Waals surface area contributed by atoms with Crippen molar-refractivity contribution in [2.45, 2.75) is 166 Å². The number of amides is 2. The van der Waals surface area contributed by atoms with Gasteiger partial charge in [0.1, 0.15) is 38.9 Å². The van der Waals surface area contributed by atoms with Crippen molar-refractivity contribution in [2.75, 3.05) is 90.3 Å². The molecule has 1 unspecified atom stereocenters. The molecular formula is C96H111N17O24S6. The number of thioether (sulfide) groups is 3. The molecule has 143 heavy (non-hydrogen) atoms. The zero-order valence-electron chi connectivity index (χ0n) is 79.5. The average molecular weight is 2080 g/mol. The van der Waals surface area contributed by atoms with Crippen molar-refractivity contribution in [2.24, 2.45) is 5.92 Å². The number of nitrogens with zero attached hydrogens (tertiary/aromatic N) is 15. The Morgan fingerprint density at radius 2 is 0.734 bits per heavy atom. The van der Waals surface area contributed by atoms with E-state index >= 15 is 0 Å². The standard InChI is InChI=1S/C63H72N12O16S4.C33H39N5O8S2/c1-41(91-33-32-89-29-27-71-51-13-9-25-67-55(51)75(61(71)83)45-20-16-43(17-21-45)35-49(59(80)81)69-57(77)53-63(4,5)93-40-73(53)95(86,87)47-11-7-23-65-37-47)38-90-31-30-88-28-26-70-50-12-8-24-66-54(50)74(60(70)82)44-18-14-42(15-19-44)34-48(58(78)79)68-56(76)52-62(2,3)92-39-72(52)94(84,85)46-10-6-22-64-36-46;1-4-45-17-18-46-16-15-36-27-8-6-14-35-30(27)38(32(36)42)25-11-9-23(10-12-25)19-24(31(40)41)20-28(39)29-33(2,3)47-22-37(29)48(43,44)26-7-5-13-34-21-26/h6-25,36-37,41,48-49,52-53H,26-35,38-40H2,1-5H3,(H,68,76)(H,69,77)(H,78,79)(H,80,81);5-14,21,24,29H,4,15-20,22H2,1-3H3,(H,40,41)/t41?,48-,49-,52+,53+;24-,29-/m01/s1. The molecule has 0 spiro atoms. The molecule has 760 valence electrons. The van der Waals surface area contributed by atoms with Crippen molar-refractivity contribution < 1.29 is 97.8 Å². The van der Waals surface area contributed by atoms with Gasteiger partial charge in [-0.05, 0) is 188 Å². The summed E-state index contributed by atoms with van der Waals surface area (Å²) < 4.78 is 126. The first kappa shape index (κ1) is 107. The number of carbonyl (C=O) groups excluding carboxylic acids is 3. The molecule has 0 saturated carbocycles. The number of aromatic nitrogens is 12. The van der Waals surface area contributed by atoms with Crippen LogP contribution >= 0.6 is 35.3 Å². The second kappa shape index (κ2) is 46.8. The summed E-state index contributed by atoms with van der Waals surface area (Å²) in [5, 5.41) is 35.7. The number of carboxylic acids is 3. The number of ketones is 1. The van der Waals surface area contributed by atoms with Gasteiger partial charge in [0.2, 0.25) is 41.9 Å². The van der Waals surface area contributed by atoms with E-state index < -0.39 is 116 Å². The third-order valence-electron chi connectivity index (χ3n) is 24.4. The molecule has 0 bridgehead atoms. The number of rotatable bonds is 47. The molecular weight excluding hydrogens is 1970 g/mol. The fourth-order valence-corrected chi connectivity index (χ4v) is 26.6. The maximum atomic E-state index is 14.0. The molecule has 9 aromatic heterocycles. The molecule has 12 heterocycles. The van der Waals surface area contributed by atoms with Crippen LogP contribution in [-0.4, -0.2) is 287 Å². The first-order valence-electron chi connectivity index (χ1n) is 45.8. The summed E-state index contributed by atoms with van der Waals surface area (Å²) in [6, 6.07) is 33.0. The van der Waals surface area contributed by atoms with Crippen LogP contribution in [0.2, 0.25) is 0 Å². The zero-order chi connectivity index (χ0) is 102. The highest BCUT2D eigenvalue weighted by molar-refractivity contribution is 8.02. The van der Waals surface area contributed by atoms with Gasteiger partial charge in [-0.3, -0.25) is 47.8 Å². The third-order valence-corrected chi connectivity index (χ3v) is 34.4. The fraction of sp³-hybridized carbons (Fsp3) is 0.406. The molecule has 0 radical (unpaired) electrons. The van der Waals surface area contributed by atoms with Gasteiger partial charge in [0.05, 0.1) is 155 Å². The maximum Gasteiger partial charge on any atom is 0.335 e. The monoisotopic (exact) mass is 2080 g/mol. The van der Waals surface area contributed by atoms with Gasteiger partial charge in [0.15, 0.2) is 22.7 Å². The Morgan fingerprint density at radius 3 is 1.07 bits per heavy atom. The fourth-order valence-electron chi connectivity index (χ4n) is 17.1. The molecule has 12 aromatic rings. The van der Waals surface area contributed by atoms with Crippen molar-refractivity contribution in [3.63, 3.8) is 0 Å². The van der Waals surface area contributed by atoms with Crippen molar-refractivity contribution in [3.8, 4) is 17.1 Å². The number of ether oxygens (including phenoxy) is 6. The summed E-state index contributed by atoms with van der Waals surface area (Å²) in [5.41, 5.74) is 5.18. The van der Waals surface area contributed by atoms with Crippen LogP contribution in [0.3, 0.4) is 0 Å². The summed E-state index contributed by atoms with van der Waals surface area (Å²) >= 11 is 3.85. The second-order valence-corrected chi connectivity index (χ2v) is 45.8. The number of benzene rings is 3. The number of hydrogen-bond donors (Lipinski definition) is 5. The minimum absolute atomic E-state index is 0.0168. The van der Waals surface area contributed by atoms with Crippen LogP contribution < -0.4 is 27.7 Å². The molecule has 3 saturated heterocycles. The van der Waals surface area contributed by atoms with Gasteiger partial charge < -0.3 is 54.4 Å². The van der Waals surface area contributed by atoms with Gasteiger partial charge in [0.25, 0.3) is 0 Å². The predicted octanol–water partition coefficient (Wildman–Crippen LogP) is 7.32. The Labute approximate surface area is 836 Å². The van der Waals surface area contributed by atoms with E-state index in [2.05, 4.69) is 40.5 Å². The van der Waals surface area contributed by atoms with Crippen LogP contribution in [-0.2, 0) is 126 Å². The van der Waals surface area contributed by atoms with E-state index in [4.69, 9.17) is 28.4 Å². The van der Waals surface area contributed by atoms with Gasteiger partial charge in [-0.2, -0.15) is 12.9 Å². The van der Waals surface area contributed by atoms with Crippen LogP contribution in [0.1, 0.15) is 78.5 Å². The Hall–Kier alpha value is -12.1. The van der Waals surface area contributed by atoms with Crippen molar-refractivity contribution in [1.29, 1.82) is 0 Å². The third kappa shape index (κ3) is 24.6. The molecule has 15 rings (SSSR count). The van der Waals surface area contributed by atoms with E-state index in [1.807, 2.05) is 19.9 Å². The van der Waals surface area contributed by atoms with E-state index in [1.54, 1.807) is 177 Å². The van der Waals surface area contributed by atoms with E-state index in [0.717, 1.165) is 12.9 Å². The molecule has 3 fully saturated rings. The van der Waals surface area contributed by atoms with Crippen molar-refractivity contribution in [1.82, 2.24) is 80.9 Å². The second-order valence-electron chi connectivity index (χ2n) is 35.3. The van der Waals surface area contributed by atoms with Gasteiger partial charge in [0, 0.05) is 95.9 Å². The molecule has 3 aromatic carbocycles.